The molecular weight excluding hydrogens is 360 g/mol. The van der Waals surface area contributed by atoms with Crippen LogP contribution >= 0.6 is 11.3 Å². The quantitative estimate of drug-likeness (QED) is 0.505. The lowest BCUT2D eigenvalue weighted by Crippen LogP contribution is -2.16. The van der Waals surface area contributed by atoms with Crippen molar-refractivity contribution in [2.24, 2.45) is 0 Å². The second kappa shape index (κ2) is 7.39. The summed E-state index contributed by atoms with van der Waals surface area (Å²) in [5, 5.41) is 5.00. The lowest BCUT2D eigenvalue weighted by molar-refractivity contribution is 0.0996. The average Bonchev–Trinajstić information content (AvgIpc) is 3.40. The van der Waals surface area contributed by atoms with Crippen molar-refractivity contribution < 1.29 is 14.0 Å². The number of benzene rings is 2. The van der Waals surface area contributed by atoms with Crippen molar-refractivity contribution in [1.29, 1.82) is 0 Å². The van der Waals surface area contributed by atoms with Crippen LogP contribution in [0.4, 0.5) is 5.13 Å². The number of hydrogen-bond acceptors (Lipinski definition) is 5. The molecule has 2 aromatic heterocycles. The molecule has 0 saturated heterocycles. The first-order valence-corrected chi connectivity index (χ1v) is 9.10. The third kappa shape index (κ3) is 3.56. The predicted molar refractivity (Wildman–Crippen MR) is 104 cm³/mol. The van der Waals surface area contributed by atoms with Crippen molar-refractivity contribution in [2.45, 2.75) is 0 Å². The number of carbonyl (C=O) groups excluding carboxylic acids is 2. The third-order valence-corrected chi connectivity index (χ3v) is 4.71. The minimum absolute atomic E-state index is 0.197. The highest BCUT2D eigenvalue weighted by Crippen LogP contribution is 2.26. The molecule has 0 fully saturated rings. The first-order valence-electron chi connectivity index (χ1n) is 8.22. The largest absolute Gasteiger partial charge is 0.463 e. The molecule has 0 unspecified atom stereocenters. The van der Waals surface area contributed by atoms with Gasteiger partial charge in [0.15, 0.2) is 16.7 Å². The zero-order chi connectivity index (χ0) is 18.6. The van der Waals surface area contributed by atoms with E-state index < -0.39 is 0 Å². The van der Waals surface area contributed by atoms with Gasteiger partial charge >= 0.3 is 0 Å². The van der Waals surface area contributed by atoms with Gasteiger partial charge in [-0.2, -0.15) is 0 Å². The van der Waals surface area contributed by atoms with Crippen molar-refractivity contribution in [3.05, 3.63) is 95.1 Å². The van der Waals surface area contributed by atoms with E-state index in [9.17, 15) is 9.59 Å². The van der Waals surface area contributed by atoms with E-state index in [1.165, 1.54) is 11.3 Å². The summed E-state index contributed by atoms with van der Waals surface area (Å²) in [7, 11) is 0. The van der Waals surface area contributed by atoms with Gasteiger partial charge < -0.3 is 4.42 Å². The predicted octanol–water partition coefficient (Wildman–Crippen LogP) is 4.89. The van der Waals surface area contributed by atoms with Gasteiger partial charge in [0.05, 0.1) is 11.8 Å². The third-order valence-electron chi connectivity index (χ3n) is 3.95. The molecule has 2 heterocycles. The molecule has 5 nitrogen and oxygen atoms in total. The minimum atomic E-state index is -0.379. The van der Waals surface area contributed by atoms with Crippen LogP contribution in [0.2, 0.25) is 0 Å². The van der Waals surface area contributed by atoms with Crippen LogP contribution in [0.5, 0.6) is 0 Å². The van der Waals surface area contributed by atoms with Gasteiger partial charge in [-0.1, -0.05) is 48.5 Å². The lowest BCUT2D eigenvalue weighted by atomic mass is 9.98. The Labute approximate surface area is 159 Å². The van der Waals surface area contributed by atoms with Gasteiger partial charge in [0.1, 0.15) is 5.69 Å². The van der Waals surface area contributed by atoms with Crippen molar-refractivity contribution in [2.75, 3.05) is 5.32 Å². The summed E-state index contributed by atoms with van der Waals surface area (Å²) >= 11 is 1.29. The number of nitrogens with one attached hydrogen (secondary N) is 1. The van der Waals surface area contributed by atoms with Crippen LogP contribution in [0, 0.1) is 0 Å². The van der Waals surface area contributed by atoms with Gasteiger partial charge in [0, 0.05) is 16.5 Å². The Bertz CT molecular complexity index is 1090. The fraction of sp³-hybridized carbons (Fsp3) is 0. The molecule has 0 atom stereocenters. The van der Waals surface area contributed by atoms with Crippen LogP contribution in [-0.4, -0.2) is 16.7 Å². The Hall–Kier alpha value is -3.51. The standard InChI is InChI=1S/C21H14N2O3S/c24-19(14-7-2-1-3-8-14)15-9-4-5-10-16(15)20(25)23-21-22-17(13-27-21)18-11-6-12-26-18/h1-13H,(H,22,23,25). The van der Waals surface area contributed by atoms with E-state index >= 15 is 0 Å². The summed E-state index contributed by atoms with van der Waals surface area (Å²) in [5.41, 5.74) is 1.84. The number of ketones is 1. The van der Waals surface area contributed by atoms with E-state index in [1.54, 1.807) is 72.3 Å². The Morgan fingerprint density at radius 3 is 2.37 bits per heavy atom. The van der Waals surface area contributed by atoms with Crippen molar-refractivity contribution in [3.8, 4) is 11.5 Å². The van der Waals surface area contributed by atoms with Crippen LogP contribution < -0.4 is 5.32 Å². The number of aromatic nitrogens is 1. The van der Waals surface area contributed by atoms with Gasteiger partial charge in [-0.3, -0.25) is 14.9 Å². The van der Waals surface area contributed by atoms with Crippen LogP contribution in [0.15, 0.2) is 82.8 Å². The molecule has 0 aliphatic carbocycles. The van der Waals surface area contributed by atoms with Gasteiger partial charge in [-0.05, 0) is 18.2 Å². The average molecular weight is 374 g/mol. The first-order chi connectivity index (χ1) is 13.2. The Balaban J connectivity index is 1.59. The summed E-state index contributed by atoms with van der Waals surface area (Å²) < 4.78 is 5.31. The van der Waals surface area contributed by atoms with Gasteiger partial charge in [0.25, 0.3) is 5.91 Å². The van der Waals surface area contributed by atoms with Crippen LogP contribution in [0.1, 0.15) is 26.3 Å². The normalized spacial score (nSPS) is 10.5. The Morgan fingerprint density at radius 1 is 0.889 bits per heavy atom. The lowest BCUT2D eigenvalue weighted by Gasteiger charge is -2.08. The number of nitrogens with zero attached hydrogens (tertiary/aromatic N) is 1. The number of amides is 1. The number of thiazole rings is 1. The SMILES string of the molecule is O=C(Nc1nc(-c2ccco2)cs1)c1ccccc1C(=O)c1ccccc1. The molecule has 27 heavy (non-hydrogen) atoms. The zero-order valence-corrected chi connectivity index (χ0v) is 14.9. The molecular formula is C21H14N2O3S. The van der Waals surface area contributed by atoms with E-state index in [0.29, 0.717) is 33.3 Å². The van der Waals surface area contributed by atoms with Crippen molar-refractivity contribution in [1.82, 2.24) is 4.98 Å². The molecule has 6 heteroatoms. The number of rotatable bonds is 5. The monoisotopic (exact) mass is 374 g/mol. The summed E-state index contributed by atoms with van der Waals surface area (Å²) in [4.78, 5) is 29.9. The number of anilines is 1. The molecule has 0 aliphatic heterocycles. The van der Waals surface area contributed by atoms with Crippen molar-refractivity contribution >= 4 is 28.2 Å². The highest BCUT2D eigenvalue weighted by Gasteiger charge is 2.19. The van der Waals surface area contributed by atoms with Gasteiger partial charge in [-0.15, -0.1) is 11.3 Å². The molecule has 0 aliphatic rings. The molecule has 2 aromatic carbocycles. The smallest absolute Gasteiger partial charge is 0.258 e. The molecule has 0 bridgehead atoms. The van der Waals surface area contributed by atoms with E-state index in [1.807, 2.05) is 6.07 Å². The summed E-state index contributed by atoms with van der Waals surface area (Å²) in [6, 6.07) is 19.2. The fourth-order valence-corrected chi connectivity index (χ4v) is 3.35. The maximum absolute atomic E-state index is 12.8. The van der Waals surface area contributed by atoms with E-state index in [4.69, 9.17) is 4.42 Å². The number of carbonyl (C=O) groups is 2. The van der Waals surface area contributed by atoms with Crippen molar-refractivity contribution in [3.63, 3.8) is 0 Å². The van der Waals surface area contributed by atoms with Gasteiger partial charge in [0.2, 0.25) is 0 Å². The second-order valence-corrected chi connectivity index (χ2v) is 6.57. The first kappa shape index (κ1) is 16.9. The van der Waals surface area contributed by atoms with E-state index in [0.717, 1.165) is 0 Å². The Kier molecular flexibility index (Phi) is 4.63. The summed E-state index contributed by atoms with van der Waals surface area (Å²) in [5.74, 6) is 0.0541. The molecule has 4 rings (SSSR count). The topological polar surface area (TPSA) is 72.2 Å². The van der Waals surface area contributed by atoms with E-state index in [2.05, 4.69) is 10.3 Å². The molecule has 132 valence electrons. The molecule has 1 amide bonds. The molecule has 0 spiro atoms. The summed E-state index contributed by atoms with van der Waals surface area (Å²) in [6.07, 6.45) is 1.57. The Morgan fingerprint density at radius 2 is 1.63 bits per heavy atom. The van der Waals surface area contributed by atoms with Crippen LogP contribution in [-0.2, 0) is 0 Å². The van der Waals surface area contributed by atoms with Crippen LogP contribution in [0.25, 0.3) is 11.5 Å². The van der Waals surface area contributed by atoms with Gasteiger partial charge in [-0.25, -0.2) is 4.98 Å². The van der Waals surface area contributed by atoms with Crippen LogP contribution in [0.3, 0.4) is 0 Å². The fourth-order valence-electron chi connectivity index (χ4n) is 2.66. The second-order valence-electron chi connectivity index (χ2n) is 5.71. The molecule has 0 radical (unpaired) electrons. The molecule has 4 aromatic rings. The zero-order valence-electron chi connectivity index (χ0n) is 14.1. The minimum Gasteiger partial charge on any atom is -0.463 e. The number of furan rings is 1. The highest BCUT2D eigenvalue weighted by atomic mass is 32.1. The maximum Gasteiger partial charge on any atom is 0.258 e. The van der Waals surface area contributed by atoms with E-state index in [-0.39, 0.29) is 11.7 Å². The number of hydrogen-bond donors (Lipinski definition) is 1. The highest BCUT2D eigenvalue weighted by molar-refractivity contribution is 7.14. The maximum atomic E-state index is 12.8. The molecule has 0 saturated carbocycles. The molecule has 1 N–H and O–H groups in total. The summed E-state index contributed by atoms with van der Waals surface area (Å²) in [6.45, 7) is 0.